The van der Waals surface area contributed by atoms with E-state index >= 15 is 0 Å². The van der Waals surface area contributed by atoms with Crippen LogP contribution >= 0.6 is 0 Å². The van der Waals surface area contributed by atoms with E-state index in [-0.39, 0.29) is 5.84 Å². The molecule has 60 valence electrons. The summed E-state index contributed by atoms with van der Waals surface area (Å²) in [7, 11) is 0. The highest BCUT2D eigenvalue weighted by Gasteiger charge is 2.09. The molecular formula is C8H13N3. The average Bonchev–Trinajstić information content (AvgIpc) is 2.07. The maximum atomic E-state index is 7.29. The Hall–Kier alpha value is -1.25. The molecule has 0 aromatic carbocycles. The molecule has 1 aromatic heterocycles. The van der Waals surface area contributed by atoms with E-state index in [2.05, 4.69) is 4.98 Å². The Morgan fingerprint density at radius 2 is 1.82 bits per heavy atom. The van der Waals surface area contributed by atoms with Gasteiger partial charge in [0, 0.05) is 17.0 Å². The number of nitrogen functional groups attached to an aromatic ring is 1. The Labute approximate surface area is 66.1 Å². The second-order valence-electron chi connectivity index (χ2n) is 2.79. The molecule has 0 amide bonds. The predicted octanol–water partition coefficient (Wildman–Crippen LogP) is 1.22. The standard InChI is InChI=1S/C8H13N3/c1-4-5(2)11-6(3)7(4)8(9)10/h11H,1-3H3,(H3,9,10). The van der Waals surface area contributed by atoms with Crippen LogP contribution in [0.1, 0.15) is 22.5 Å². The van der Waals surface area contributed by atoms with E-state index in [1.54, 1.807) is 0 Å². The highest BCUT2D eigenvalue weighted by molar-refractivity contribution is 5.97. The number of H-pyrrole nitrogens is 1. The third-order valence-corrected chi connectivity index (χ3v) is 1.96. The molecule has 1 rings (SSSR count). The summed E-state index contributed by atoms with van der Waals surface area (Å²) < 4.78 is 0. The van der Waals surface area contributed by atoms with Crippen molar-refractivity contribution in [1.82, 2.24) is 4.98 Å². The fourth-order valence-corrected chi connectivity index (χ4v) is 1.31. The van der Waals surface area contributed by atoms with Crippen molar-refractivity contribution in [3.8, 4) is 0 Å². The number of aryl methyl sites for hydroxylation is 2. The maximum Gasteiger partial charge on any atom is 0.124 e. The topological polar surface area (TPSA) is 65.7 Å². The molecule has 0 aliphatic rings. The Morgan fingerprint density at radius 1 is 1.27 bits per heavy atom. The van der Waals surface area contributed by atoms with Crippen LogP contribution in [-0.4, -0.2) is 10.8 Å². The molecule has 3 heteroatoms. The van der Waals surface area contributed by atoms with Gasteiger partial charge in [-0.2, -0.15) is 0 Å². The van der Waals surface area contributed by atoms with Crippen LogP contribution in [0.2, 0.25) is 0 Å². The molecule has 0 fully saturated rings. The average molecular weight is 151 g/mol. The summed E-state index contributed by atoms with van der Waals surface area (Å²) in [6, 6.07) is 0. The molecule has 0 bridgehead atoms. The molecule has 0 saturated carbocycles. The number of amidine groups is 1. The summed E-state index contributed by atoms with van der Waals surface area (Å²) in [5, 5.41) is 7.29. The molecule has 0 aliphatic carbocycles. The van der Waals surface area contributed by atoms with Crippen molar-refractivity contribution in [3.63, 3.8) is 0 Å². The Morgan fingerprint density at radius 3 is 2.00 bits per heavy atom. The van der Waals surface area contributed by atoms with E-state index in [0.29, 0.717) is 0 Å². The van der Waals surface area contributed by atoms with Gasteiger partial charge in [0.05, 0.1) is 0 Å². The van der Waals surface area contributed by atoms with Crippen LogP contribution < -0.4 is 5.73 Å². The predicted molar refractivity (Wildman–Crippen MR) is 46.0 cm³/mol. The number of nitrogens with two attached hydrogens (primary N) is 1. The van der Waals surface area contributed by atoms with Crippen molar-refractivity contribution in [3.05, 3.63) is 22.5 Å². The van der Waals surface area contributed by atoms with Crippen molar-refractivity contribution < 1.29 is 0 Å². The molecule has 3 nitrogen and oxygen atoms in total. The largest absolute Gasteiger partial charge is 0.384 e. The van der Waals surface area contributed by atoms with Crippen LogP contribution in [-0.2, 0) is 0 Å². The van der Waals surface area contributed by atoms with Crippen LogP contribution in [0.25, 0.3) is 0 Å². The van der Waals surface area contributed by atoms with Gasteiger partial charge in [-0.3, -0.25) is 5.41 Å². The SMILES string of the molecule is Cc1[nH]c(C)c(C(=N)N)c1C. The summed E-state index contributed by atoms with van der Waals surface area (Å²) in [6.45, 7) is 5.88. The van der Waals surface area contributed by atoms with Gasteiger partial charge in [-0.1, -0.05) is 0 Å². The molecule has 0 atom stereocenters. The van der Waals surface area contributed by atoms with Crippen LogP contribution in [0.4, 0.5) is 0 Å². The third-order valence-electron chi connectivity index (χ3n) is 1.96. The van der Waals surface area contributed by atoms with E-state index < -0.39 is 0 Å². The van der Waals surface area contributed by atoms with Gasteiger partial charge in [-0.25, -0.2) is 0 Å². The Bertz CT molecular complexity index is 297. The fraction of sp³-hybridized carbons (Fsp3) is 0.375. The first-order chi connectivity index (χ1) is 5.04. The second-order valence-corrected chi connectivity index (χ2v) is 2.79. The van der Waals surface area contributed by atoms with Crippen LogP contribution in [0.5, 0.6) is 0 Å². The van der Waals surface area contributed by atoms with E-state index in [4.69, 9.17) is 11.1 Å². The lowest BCUT2D eigenvalue weighted by Gasteiger charge is -1.97. The summed E-state index contributed by atoms with van der Waals surface area (Å²) in [6.07, 6.45) is 0. The second kappa shape index (κ2) is 2.42. The van der Waals surface area contributed by atoms with Crippen molar-refractivity contribution in [1.29, 1.82) is 5.41 Å². The van der Waals surface area contributed by atoms with Crippen LogP contribution in [0, 0.1) is 26.2 Å². The number of nitrogens with one attached hydrogen (secondary N) is 2. The summed E-state index contributed by atoms with van der Waals surface area (Å²) in [5.74, 6) is 0.143. The number of rotatable bonds is 1. The van der Waals surface area contributed by atoms with Gasteiger partial charge >= 0.3 is 0 Å². The van der Waals surface area contributed by atoms with E-state index in [1.165, 1.54) is 0 Å². The molecule has 11 heavy (non-hydrogen) atoms. The van der Waals surface area contributed by atoms with E-state index in [9.17, 15) is 0 Å². The van der Waals surface area contributed by atoms with Crippen molar-refractivity contribution in [2.75, 3.05) is 0 Å². The first-order valence-electron chi connectivity index (χ1n) is 3.54. The van der Waals surface area contributed by atoms with Gasteiger partial charge in [0.2, 0.25) is 0 Å². The first-order valence-corrected chi connectivity index (χ1v) is 3.54. The van der Waals surface area contributed by atoms with Crippen LogP contribution in [0.3, 0.4) is 0 Å². The summed E-state index contributed by atoms with van der Waals surface area (Å²) >= 11 is 0. The Balaban J connectivity index is 3.34. The van der Waals surface area contributed by atoms with Gasteiger partial charge in [0.1, 0.15) is 5.84 Å². The molecule has 1 aromatic rings. The lowest BCUT2D eigenvalue weighted by molar-refractivity contribution is 1.17. The molecule has 0 saturated heterocycles. The van der Waals surface area contributed by atoms with Crippen LogP contribution in [0.15, 0.2) is 0 Å². The van der Waals surface area contributed by atoms with Gasteiger partial charge in [0.25, 0.3) is 0 Å². The van der Waals surface area contributed by atoms with Gasteiger partial charge < -0.3 is 10.7 Å². The summed E-state index contributed by atoms with van der Waals surface area (Å²) in [5.41, 5.74) is 9.39. The number of aromatic nitrogens is 1. The lowest BCUT2D eigenvalue weighted by Crippen LogP contribution is -2.12. The minimum atomic E-state index is 0.143. The zero-order valence-corrected chi connectivity index (χ0v) is 7.08. The molecule has 1 heterocycles. The van der Waals surface area contributed by atoms with Crippen molar-refractivity contribution in [2.45, 2.75) is 20.8 Å². The minimum absolute atomic E-state index is 0.143. The van der Waals surface area contributed by atoms with Gasteiger partial charge in [0.15, 0.2) is 0 Å². The first kappa shape index (κ1) is 7.85. The highest BCUT2D eigenvalue weighted by Crippen LogP contribution is 2.15. The lowest BCUT2D eigenvalue weighted by atomic mass is 10.1. The molecule has 0 aliphatic heterocycles. The van der Waals surface area contributed by atoms with Crippen molar-refractivity contribution >= 4 is 5.84 Å². The normalized spacial score (nSPS) is 10.1. The monoisotopic (exact) mass is 151 g/mol. The molecule has 0 radical (unpaired) electrons. The number of hydrogen-bond donors (Lipinski definition) is 3. The zero-order chi connectivity index (χ0) is 8.59. The number of hydrogen-bond acceptors (Lipinski definition) is 1. The number of aromatic amines is 1. The molecule has 0 spiro atoms. The quantitative estimate of drug-likeness (QED) is 0.410. The highest BCUT2D eigenvalue weighted by atomic mass is 14.8. The third kappa shape index (κ3) is 1.13. The minimum Gasteiger partial charge on any atom is -0.384 e. The van der Waals surface area contributed by atoms with E-state index in [1.807, 2.05) is 20.8 Å². The van der Waals surface area contributed by atoms with Gasteiger partial charge in [-0.05, 0) is 26.3 Å². The smallest absolute Gasteiger partial charge is 0.124 e. The van der Waals surface area contributed by atoms with E-state index in [0.717, 1.165) is 22.5 Å². The fourth-order valence-electron chi connectivity index (χ4n) is 1.31. The Kier molecular flexibility index (Phi) is 1.72. The summed E-state index contributed by atoms with van der Waals surface area (Å²) in [4.78, 5) is 3.14. The zero-order valence-electron chi connectivity index (χ0n) is 7.08. The molecular weight excluding hydrogens is 138 g/mol. The molecule has 0 unspecified atom stereocenters. The van der Waals surface area contributed by atoms with Gasteiger partial charge in [-0.15, -0.1) is 0 Å². The van der Waals surface area contributed by atoms with Crippen molar-refractivity contribution in [2.24, 2.45) is 5.73 Å². The molecule has 4 N–H and O–H groups in total. The maximum absolute atomic E-state index is 7.29.